The van der Waals surface area contributed by atoms with E-state index in [1.165, 1.54) is 0 Å². The molecule has 2 nitrogen and oxygen atoms in total. The van der Waals surface area contributed by atoms with Crippen molar-refractivity contribution in [2.24, 2.45) is 10.9 Å². The van der Waals surface area contributed by atoms with E-state index in [0.717, 1.165) is 17.0 Å². The predicted molar refractivity (Wildman–Crippen MR) is 69.5 cm³/mol. The van der Waals surface area contributed by atoms with E-state index in [-0.39, 0.29) is 5.92 Å². The van der Waals surface area contributed by atoms with Gasteiger partial charge in [0.05, 0.1) is 16.5 Å². The number of rotatable bonds is 4. The SMILES string of the molecule is C=C(N=C(C(C)CC)S(C)=O)/C(C)=C\C. The fourth-order valence-corrected chi connectivity index (χ4v) is 1.99. The predicted octanol–water partition coefficient (Wildman–Crippen LogP) is 3.29. The van der Waals surface area contributed by atoms with Crippen molar-refractivity contribution in [3.05, 3.63) is 23.9 Å². The molecule has 0 fully saturated rings. The highest BCUT2D eigenvalue weighted by atomic mass is 32.2. The molecule has 15 heavy (non-hydrogen) atoms. The van der Waals surface area contributed by atoms with Crippen LogP contribution in [0.3, 0.4) is 0 Å². The molecule has 0 aliphatic rings. The van der Waals surface area contributed by atoms with Gasteiger partial charge in [-0.05, 0) is 25.8 Å². The minimum Gasteiger partial charge on any atom is -0.253 e. The summed E-state index contributed by atoms with van der Waals surface area (Å²) in [6.45, 7) is 11.9. The van der Waals surface area contributed by atoms with Crippen LogP contribution in [0.5, 0.6) is 0 Å². The number of nitrogens with zero attached hydrogens (tertiary/aromatic N) is 1. The first-order valence-electron chi connectivity index (χ1n) is 5.18. The number of hydrogen-bond acceptors (Lipinski definition) is 2. The standard InChI is InChI=1S/C12H21NOS/c1-7-9(3)11(5)13-12(15(6)14)10(4)8-2/h7,10H,5,8H2,1-4,6H3/b9-7-,13-12?. The second-order valence-electron chi connectivity index (χ2n) is 3.63. The summed E-state index contributed by atoms with van der Waals surface area (Å²) >= 11 is 0. The molecule has 0 aliphatic carbocycles. The molecule has 0 spiro atoms. The zero-order chi connectivity index (χ0) is 12.0. The van der Waals surface area contributed by atoms with Gasteiger partial charge in [-0.2, -0.15) is 0 Å². The average molecular weight is 227 g/mol. The van der Waals surface area contributed by atoms with E-state index in [4.69, 9.17) is 0 Å². The van der Waals surface area contributed by atoms with Gasteiger partial charge in [0.25, 0.3) is 0 Å². The van der Waals surface area contributed by atoms with Gasteiger partial charge in [-0.25, -0.2) is 4.99 Å². The summed E-state index contributed by atoms with van der Waals surface area (Å²) < 4.78 is 11.5. The largest absolute Gasteiger partial charge is 0.253 e. The lowest BCUT2D eigenvalue weighted by Gasteiger charge is -2.11. The maximum absolute atomic E-state index is 11.5. The van der Waals surface area contributed by atoms with E-state index >= 15 is 0 Å². The summed E-state index contributed by atoms with van der Waals surface area (Å²) in [6.07, 6.45) is 4.57. The van der Waals surface area contributed by atoms with Gasteiger partial charge in [0, 0.05) is 12.2 Å². The zero-order valence-corrected chi connectivity index (χ0v) is 11.1. The molecular formula is C12H21NOS. The van der Waals surface area contributed by atoms with Gasteiger partial charge in [0.2, 0.25) is 0 Å². The third kappa shape index (κ3) is 4.56. The Morgan fingerprint density at radius 3 is 2.47 bits per heavy atom. The average Bonchev–Trinajstić information content (AvgIpc) is 2.22. The van der Waals surface area contributed by atoms with Crippen LogP contribution in [0.15, 0.2) is 28.9 Å². The number of aliphatic imine (C=N–C) groups is 1. The lowest BCUT2D eigenvalue weighted by Crippen LogP contribution is -2.15. The van der Waals surface area contributed by atoms with Crippen LogP contribution in [-0.2, 0) is 10.8 Å². The minimum absolute atomic E-state index is 0.247. The van der Waals surface area contributed by atoms with Crippen molar-refractivity contribution in [3.8, 4) is 0 Å². The quantitative estimate of drug-likeness (QED) is 0.412. The Hall–Kier alpha value is -0.700. The van der Waals surface area contributed by atoms with Crippen molar-refractivity contribution in [2.75, 3.05) is 6.26 Å². The molecule has 0 saturated carbocycles. The molecular weight excluding hydrogens is 206 g/mol. The van der Waals surface area contributed by atoms with Crippen molar-refractivity contribution in [2.45, 2.75) is 34.1 Å². The van der Waals surface area contributed by atoms with Crippen LogP contribution in [0.25, 0.3) is 0 Å². The summed E-state index contributed by atoms with van der Waals surface area (Å²) in [5.41, 5.74) is 1.74. The Balaban J connectivity index is 5.01. The van der Waals surface area contributed by atoms with E-state index in [2.05, 4.69) is 18.5 Å². The second-order valence-corrected chi connectivity index (χ2v) is 4.96. The summed E-state index contributed by atoms with van der Waals surface area (Å²) in [6, 6.07) is 0. The minimum atomic E-state index is -1.01. The second kappa shape index (κ2) is 6.72. The first-order valence-corrected chi connectivity index (χ1v) is 6.74. The fourth-order valence-electron chi connectivity index (χ4n) is 1.02. The number of hydrogen-bond donors (Lipinski definition) is 0. The van der Waals surface area contributed by atoms with Gasteiger partial charge in [-0.3, -0.25) is 4.21 Å². The first kappa shape index (κ1) is 14.3. The molecule has 0 aromatic rings. The highest BCUT2D eigenvalue weighted by molar-refractivity contribution is 8.00. The summed E-state index contributed by atoms with van der Waals surface area (Å²) in [5.74, 6) is 0.247. The van der Waals surface area contributed by atoms with Gasteiger partial charge < -0.3 is 0 Å². The molecule has 86 valence electrons. The summed E-state index contributed by atoms with van der Waals surface area (Å²) in [4.78, 5) is 4.37. The molecule has 0 aliphatic heterocycles. The zero-order valence-electron chi connectivity index (χ0n) is 10.3. The Morgan fingerprint density at radius 1 is 1.60 bits per heavy atom. The van der Waals surface area contributed by atoms with Crippen molar-refractivity contribution < 1.29 is 4.21 Å². The summed E-state index contributed by atoms with van der Waals surface area (Å²) in [7, 11) is -1.01. The Kier molecular flexibility index (Phi) is 6.41. The lowest BCUT2D eigenvalue weighted by atomic mass is 10.1. The Labute approximate surface area is 95.6 Å². The molecule has 0 aromatic heterocycles. The molecule has 2 unspecified atom stereocenters. The van der Waals surface area contributed by atoms with Gasteiger partial charge in [-0.1, -0.05) is 26.5 Å². The molecule has 0 amide bonds. The molecule has 0 heterocycles. The van der Waals surface area contributed by atoms with Crippen LogP contribution in [0.4, 0.5) is 0 Å². The molecule has 2 atom stereocenters. The monoisotopic (exact) mass is 227 g/mol. The van der Waals surface area contributed by atoms with Gasteiger partial charge in [-0.15, -0.1) is 0 Å². The van der Waals surface area contributed by atoms with E-state index in [0.29, 0.717) is 5.70 Å². The number of allylic oxidation sites excluding steroid dienone is 2. The molecule has 0 rings (SSSR count). The van der Waals surface area contributed by atoms with Crippen LogP contribution < -0.4 is 0 Å². The smallest absolute Gasteiger partial charge is 0.107 e. The van der Waals surface area contributed by atoms with Gasteiger partial charge in [0.15, 0.2) is 0 Å². The van der Waals surface area contributed by atoms with E-state index in [9.17, 15) is 4.21 Å². The van der Waals surface area contributed by atoms with E-state index < -0.39 is 10.8 Å². The fraction of sp³-hybridized carbons (Fsp3) is 0.583. The molecule has 3 heteroatoms. The topological polar surface area (TPSA) is 29.4 Å². The Morgan fingerprint density at radius 2 is 2.13 bits per heavy atom. The molecule has 0 N–H and O–H groups in total. The van der Waals surface area contributed by atoms with Crippen molar-refractivity contribution in [1.29, 1.82) is 0 Å². The van der Waals surface area contributed by atoms with Crippen LogP contribution in [0.1, 0.15) is 34.1 Å². The van der Waals surface area contributed by atoms with E-state index in [1.54, 1.807) is 6.26 Å². The normalized spacial score (nSPS) is 17.4. The first-order chi connectivity index (χ1) is 6.93. The molecule has 0 saturated heterocycles. The molecule has 0 aromatic carbocycles. The van der Waals surface area contributed by atoms with Crippen molar-refractivity contribution >= 4 is 15.8 Å². The highest BCUT2D eigenvalue weighted by Gasteiger charge is 2.13. The maximum atomic E-state index is 11.5. The molecule has 0 radical (unpaired) electrons. The summed E-state index contributed by atoms with van der Waals surface area (Å²) in [5, 5.41) is 0.740. The van der Waals surface area contributed by atoms with Gasteiger partial charge in [0.1, 0.15) is 5.04 Å². The van der Waals surface area contributed by atoms with Crippen LogP contribution in [0.2, 0.25) is 0 Å². The van der Waals surface area contributed by atoms with Crippen LogP contribution in [-0.4, -0.2) is 15.5 Å². The lowest BCUT2D eigenvalue weighted by molar-refractivity contribution is 0.687. The third-order valence-electron chi connectivity index (χ3n) is 2.46. The van der Waals surface area contributed by atoms with Crippen molar-refractivity contribution in [3.63, 3.8) is 0 Å². The van der Waals surface area contributed by atoms with Crippen molar-refractivity contribution in [1.82, 2.24) is 0 Å². The van der Waals surface area contributed by atoms with Crippen LogP contribution >= 0.6 is 0 Å². The third-order valence-corrected chi connectivity index (χ3v) is 3.54. The molecule has 0 bridgehead atoms. The maximum Gasteiger partial charge on any atom is 0.107 e. The highest BCUT2D eigenvalue weighted by Crippen LogP contribution is 2.14. The Bertz CT molecular complexity index is 316. The van der Waals surface area contributed by atoms with Crippen LogP contribution in [0, 0.1) is 5.92 Å². The van der Waals surface area contributed by atoms with E-state index in [1.807, 2.05) is 26.8 Å². The van der Waals surface area contributed by atoms with Gasteiger partial charge >= 0.3 is 0 Å².